The summed E-state index contributed by atoms with van der Waals surface area (Å²) >= 11 is 0. The smallest absolute Gasteiger partial charge is 0.225 e. The molecule has 0 aromatic carbocycles. The molecule has 100 valence electrons. The van der Waals surface area contributed by atoms with Crippen molar-refractivity contribution in [2.24, 2.45) is 0 Å². The Hall–Kier alpha value is -2.17. The van der Waals surface area contributed by atoms with Gasteiger partial charge in [-0.05, 0) is 24.0 Å². The molecular formula is C14H18N4O. The second kappa shape index (κ2) is 6.13. The van der Waals surface area contributed by atoms with Crippen LogP contribution in [0.2, 0.25) is 0 Å². The first-order valence-electron chi connectivity index (χ1n) is 6.39. The van der Waals surface area contributed by atoms with Crippen LogP contribution in [0.4, 0.5) is 5.82 Å². The summed E-state index contributed by atoms with van der Waals surface area (Å²) in [5, 5.41) is 9.76. The van der Waals surface area contributed by atoms with E-state index in [1.807, 2.05) is 18.2 Å². The molecule has 0 aliphatic heterocycles. The molecule has 0 bridgehead atoms. The molecule has 0 atom stereocenters. The van der Waals surface area contributed by atoms with Crippen molar-refractivity contribution in [3.63, 3.8) is 0 Å². The van der Waals surface area contributed by atoms with Gasteiger partial charge in [0, 0.05) is 30.6 Å². The molecule has 5 heteroatoms. The van der Waals surface area contributed by atoms with Crippen LogP contribution in [0, 0.1) is 0 Å². The summed E-state index contributed by atoms with van der Waals surface area (Å²) in [5.74, 6) is 0.916. The predicted octanol–water partition coefficient (Wildman–Crippen LogP) is 2.50. The van der Waals surface area contributed by atoms with E-state index in [0.717, 1.165) is 11.3 Å². The third-order valence-corrected chi connectivity index (χ3v) is 2.85. The number of aromatic nitrogens is 3. The van der Waals surface area contributed by atoms with Crippen molar-refractivity contribution in [3.8, 4) is 0 Å². The summed E-state index contributed by atoms with van der Waals surface area (Å²) in [5.41, 5.74) is 2.07. The number of anilines is 1. The lowest BCUT2D eigenvalue weighted by molar-refractivity contribution is -0.116. The number of carbonyl (C=O) groups excluding carboxylic acids is 1. The van der Waals surface area contributed by atoms with Crippen molar-refractivity contribution in [3.05, 3.63) is 41.9 Å². The van der Waals surface area contributed by atoms with E-state index in [1.54, 1.807) is 12.4 Å². The number of hydrogen-bond donors (Lipinski definition) is 2. The average Bonchev–Trinajstić information content (AvgIpc) is 2.86. The van der Waals surface area contributed by atoms with Crippen LogP contribution in [-0.2, 0) is 11.2 Å². The van der Waals surface area contributed by atoms with Crippen LogP contribution in [0.1, 0.15) is 37.4 Å². The molecule has 2 N–H and O–H groups in total. The van der Waals surface area contributed by atoms with Crippen LogP contribution in [0.15, 0.2) is 30.6 Å². The first-order chi connectivity index (χ1) is 9.15. The SMILES string of the molecule is CC(C)c1cc(NC(=O)CCc2cccnc2)n[nH]1. The van der Waals surface area contributed by atoms with Crippen molar-refractivity contribution in [2.45, 2.75) is 32.6 Å². The molecular weight excluding hydrogens is 240 g/mol. The third kappa shape index (κ3) is 3.91. The average molecular weight is 258 g/mol. The second-order valence-electron chi connectivity index (χ2n) is 4.77. The Morgan fingerprint density at radius 2 is 2.32 bits per heavy atom. The van der Waals surface area contributed by atoms with Crippen LogP contribution >= 0.6 is 0 Å². The molecule has 0 aliphatic carbocycles. The van der Waals surface area contributed by atoms with Gasteiger partial charge in [-0.25, -0.2) is 0 Å². The van der Waals surface area contributed by atoms with Crippen LogP contribution < -0.4 is 5.32 Å². The van der Waals surface area contributed by atoms with Gasteiger partial charge < -0.3 is 5.32 Å². The number of pyridine rings is 1. The fourth-order valence-corrected chi connectivity index (χ4v) is 1.71. The molecule has 2 aromatic heterocycles. The summed E-state index contributed by atoms with van der Waals surface area (Å²) in [7, 11) is 0. The zero-order chi connectivity index (χ0) is 13.7. The Balaban J connectivity index is 1.84. The molecule has 2 heterocycles. The lowest BCUT2D eigenvalue weighted by Crippen LogP contribution is -2.12. The fourth-order valence-electron chi connectivity index (χ4n) is 1.71. The van der Waals surface area contributed by atoms with Crippen molar-refractivity contribution in [1.82, 2.24) is 15.2 Å². The minimum Gasteiger partial charge on any atom is -0.309 e. The van der Waals surface area contributed by atoms with Crippen molar-refractivity contribution in [1.29, 1.82) is 0 Å². The number of amides is 1. The van der Waals surface area contributed by atoms with Crippen molar-refractivity contribution < 1.29 is 4.79 Å². The van der Waals surface area contributed by atoms with Crippen LogP contribution in [0.3, 0.4) is 0 Å². The van der Waals surface area contributed by atoms with E-state index in [1.165, 1.54) is 0 Å². The predicted molar refractivity (Wildman–Crippen MR) is 73.9 cm³/mol. The Morgan fingerprint density at radius 3 is 2.95 bits per heavy atom. The number of nitrogens with zero attached hydrogens (tertiary/aromatic N) is 2. The maximum absolute atomic E-state index is 11.8. The van der Waals surface area contributed by atoms with Crippen molar-refractivity contribution >= 4 is 11.7 Å². The highest BCUT2D eigenvalue weighted by Crippen LogP contribution is 2.15. The van der Waals surface area contributed by atoms with Gasteiger partial charge >= 0.3 is 0 Å². The highest BCUT2D eigenvalue weighted by atomic mass is 16.1. The largest absolute Gasteiger partial charge is 0.309 e. The van der Waals surface area contributed by atoms with Gasteiger partial charge in [0.1, 0.15) is 0 Å². The standard InChI is InChI=1S/C14H18N4O/c1-10(2)12-8-13(18-17-12)16-14(19)6-5-11-4-3-7-15-9-11/h3-4,7-10H,5-6H2,1-2H3,(H2,16,17,18,19). The van der Waals surface area contributed by atoms with Crippen LogP contribution in [0.25, 0.3) is 0 Å². The molecule has 0 saturated heterocycles. The van der Waals surface area contributed by atoms with E-state index in [2.05, 4.69) is 34.3 Å². The topological polar surface area (TPSA) is 70.7 Å². The highest BCUT2D eigenvalue weighted by Gasteiger charge is 2.08. The van der Waals surface area contributed by atoms with Gasteiger partial charge in [0.2, 0.25) is 5.91 Å². The molecule has 0 spiro atoms. The van der Waals surface area contributed by atoms with E-state index in [-0.39, 0.29) is 5.91 Å². The third-order valence-electron chi connectivity index (χ3n) is 2.85. The van der Waals surface area contributed by atoms with E-state index in [4.69, 9.17) is 0 Å². The van der Waals surface area contributed by atoms with Gasteiger partial charge in [0.25, 0.3) is 0 Å². The monoisotopic (exact) mass is 258 g/mol. The van der Waals surface area contributed by atoms with Gasteiger partial charge in [-0.1, -0.05) is 19.9 Å². The lowest BCUT2D eigenvalue weighted by Gasteiger charge is -2.01. The first-order valence-corrected chi connectivity index (χ1v) is 6.39. The van der Waals surface area contributed by atoms with E-state index in [9.17, 15) is 4.79 Å². The molecule has 0 fully saturated rings. The normalized spacial score (nSPS) is 10.7. The highest BCUT2D eigenvalue weighted by molar-refractivity contribution is 5.89. The van der Waals surface area contributed by atoms with E-state index >= 15 is 0 Å². The fraction of sp³-hybridized carbons (Fsp3) is 0.357. The van der Waals surface area contributed by atoms with Gasteiger partial charge in [-0.15, -0.1) is 0 Å². The zero-order valence-electron chi connectivity index (χ0n) is 11.2. The summed E-state index contributed by atoms with van der Waals surface area (Å²) in [4.78, 5) is 15.8. The molecule has 5 nitrogen and oxygen atoms in total. The van der Waals surface area contributed by atoms with Crippen LogP contribution in [0.5, 0.6) is 0 Å². The minimum absolute atomic E-state index is 0.0364. The maximum Gasteiger partial charge on any atom is 0.225 e. The molecule has 2 aromatic rings. The second-order valence-corrected chi connectivity index (χ2v) is 4.77. The van der Waals surface area contributed by atoms with Crippen molar-refractivity contribution in [2.75, 3.05) is 5.32 Å². The van der Waals surface area contributed by atoms with E-state index in [0.29, 0.717) is 24.6 Å². The molecule has 2 rings (SSSR count). The summed E-state index contributed by atoms with van der Waals surface area (Å²) < 4.78 is 0. The number of H-pyrrole nitrogens is 1. The minimum atomic E-state index is -0.0364. The van der Waals surface area contributed by atoms with Gasteiger partial charge in [-0.3, -0.25) is 14.9 Å². The Bertz CT molecular complexity index is 533. The summed E-state index contributed by atoms with van der Waals surface area (Å²) in [6, 6.07) is 5.70. The Kier molecular flexibility index (Phi) is 4.28. The number of carbonyl (C=O) groups is 1. The molecule has 19 heavy (non-hydrogen) atoms. The van der Waals surface area contributed by atoms with E-state index < -0.39 is 0 Å². The number of aryl methyl sites for hydroxylation is 1. The molecule has 0 aliphatic rings. The number of aromatic amines is 1. The van der Waals surface area contributed by atoms with Gasteiger partial charge in [0.15, 0.2) is 5.82 Å². The number of hydrogen-bond acceptors (Lipinski definition) is 3. The summed E-state index contributed by atoms with van der Waals surface area (Å²) in [6.45, 7) is 4.14. The Morgan fingerprint density at radius 1 is 1.47 bits per heavy atom. The van der Waals surface area contributed by atoms with Crippen LogP contribution in [-0.4, -0.2) is 21.1 Å². The quantitative estimate of drug-likeness (QED) is 0.865. The molecule has 1 amide bonds. The van der Waals surface area contributed by atoms with Gasteiger partial charge in [-0.2, -0.15) is 5.10 Å². The first kappa shape index (κ1) is 13.3. The number of rotatable bonds is 5. The molecule has 0 saturated carbocycles. The number of nitrogens with one attached hydrogen (secondary N) is 2. The molecule has 0 unspecified atom stereocenters. The molecule has 0 radical (unpaired) electrons. The zero-order valence-corrected chi connectivity index (χ0v) is 11.2. The Labute approximate surface area is 112 Å². The summed E-state index contributed by atoms with van der Waals surface area (Å²) in [6.07, 6.45) is 4.61. The lowest BCUT2D eigenvalue weighted by atomic mass is 10.1. The maximum atomic E-state index is 11.8. The van der Waals surface area contributed by atoms with Gasteiger partial charge in [0.05, 0.1) is 0 Å².